The van der Waals surface area contributed by atoms with Crippen molar-refractivity contribution in [3.8, 4) is 0 Å². The van der Waals surface area contributed by atoms with Crippen molar-refractivity contribution in [1.29, 1.82) is 0 Å². The SMILES string of the molecule is CCC(C)(O)CN1CCN(C)CC1. The van der Waals surface area contributed by atoms with Gasteiger partial charge in [0.2, 0.25) is 0 Å². The molecule has 1 unspecified atom stereocenters. The van der Waals surface area contributed by atoms with Gasteiger partial charge in [0.25, 0.3) is 0 Å². The standard InChI is InChI=1S/C10H22N2O/c1-4-10(2,13)9-12-7-5-11(3)6-8-12/h13H,4-9H2,1-3H3. The molecule has 0 saturated carbocycles. The summed E-state index contributed by atoms with van der Waals surface area (Å²) in [5.74, 6) is 0. The largest absolute Gasteiger partial charge is 0.389 e. The summed E-state index contributed by atoms with van der Waals surface area (Å²) in [6, 6.07) is 0. The molecule has 3 nitrogen and oxygen atoms in total. The van der Waals surface area contributed by atoms with Gasteiger partial charge in [-0.25, -0.2) is 0 Å². The summed E-state index contributed by atoms with van der Waals surface area (Å²) in [6.45, 7) is 9.21. The van der Waals surface area contributed by atoms with Crippen LogP contribution in [0.1, 0.15) is 20.3 Å². The number of hydrogen-bond donors (Lipinski definition) is 1. The second-order valence-corrected chi connectivity index (χ2v) is 4.43. The predicted molar refractivity (Wildman–Crippen MR) is 54.9 cm³/mol. The Bertz CT molecular complexity index is 151. The lowest BCUT2D eigenvalue weighted by molar-refractivity contribution is 0.00400. The number of piperazine rings is 1. The number of rotatable bonds is 3. The van der Waals surface area contributed by atoms with Gasteiger partial charge in [-0.1, -0.05) is 6.92 Å². The van der Waals surface area contributed by atoms with E-state index in [9.17, 15) is 5.11 Å². The highest BCUT2D eigenvalue weighted by atomic mass is 16.3. The third-order valence-electron chi connectivity index (χ3n) is 2.92. The maximum Gasteiger partial charge on any atom is 0.0743 e. The summed E-state index contributed by atoms with van der Waals surface area (Å²) in [7, 11) is 2.15. The van der Waals surface area contributed by atoms with Crippen LogP contribution in [0.25, 0.3) is 0 Å². The Balaban J connectivity index is 2.30. The van der Waals surface area contributed by atoms with Crippen LogP contribution in [-0.2, 0) is 0 Å². The molecule has 0 aromatic heterocycles. The van der Waals surface area contributed by atoms with E-state index in [0.717, 1.165) is 39.1 Å². The van der Waals surface area contributed by atoms with Gasteiger partial charge in [-0.05, 0) is 20.4 Å². The molecule has 1 atom stereocenters. The average Bonchev–Trinajstić information content (AvgIpc) is 2.09. The normalized spacial score (nSPS) is 25.8. The van der Waals surface area contributed by atoms with Crippen molar-refractivity contribution in [3.63, 3.8) is 0 Å². The Hall–Kier alpha value is -0.120. The van der Waals surface area contributed by atoms with Gasteiger partial charge in [-0.2, -0.15) is 0 Å². The van der Waals surface area contributed by atoms with Gasteiger partial charge in [-0.15, -0.1) is 0 Å². The molecule has 1 rings (SSSR count). The van der Waals surface area contributed by atoms with Crippen molar-refractivity contribution in [2.45, 2.75) is 25.9 Å². The smallest absolute Gasteiger partial charge is 0.0743 e. The van der Waals surface area contributed by atoms with Crippen LogP contribution in [0.2, 0.25) is 0 Å². The molecular weight excluding hydrogens is 164 g/mol. The molecule has 78 valence electrons. The molecule has 0 aliphatic carbocycles. The fourth-order valence-corrected chi connectivity index (χ4v) is 1.60. The first-order chi connectivity index (χ1) is 6.03. The highest BCUT2D eigenvalue weighted by molar-refractivity contribution is 4.79. The summed E-state index contributed by atoms with van der Waals surface area (Å²) < 4.78 is 0. The zero-order valence-electron chi connectivity index (χ0n) is 9.08. The summed E-state index contributed by atoms with van der Waals surface area (Å²) in [6.07, 6.45) is 0.833. The molecule has 0 radical (unpaired) electrons. The maximum absolute atomic E-state index is 9.89. The van der Waals surface area contributed by atoms with E-state index in [1.165, 1.54) is 0 Å². The van der Waals surface area contributed by atoms with E-state index >= 15 is 0 Å². The third kappa shape index (κ3) is 3.63. The van der Waals surface area contributed by atoms with Crippen LogP contribution in [0, 0.1) is 0 Å². The maximum atomic E-state index is 9.89. The van der Waals surface area contributed by atoms with Crippen molar-refractivity contribution in [2.75, 3.05) is 39.8 Å². The molecular formula is C10H22N2O. The Morgan fingerprint density at radius 1 is 1.23 bits per heavy atom. The molecule has 13 heavy (non-hydrogen) atoms. The minimum absolute atomic E-state index is 0.504. The summed E-state index contributed by atoms with van der Waals surface area (Å²) in [4.78, 5) is 4.68. The van der Waals surface area contributed by atoms with E-state index in [-0.39, 0.29) is 0 Å². The van der Waals surface area contributed by atoms with Gasteiger partial charge in [0.05, 0.1) is 5.60 Å². The number of hydrogen-bond acceptors (Lipinski definition) is 3. The second-order valence-electron chi connectivity index (χ2n) is 4.43. The third-order valence-corrected chi connectivity index (χ3v) is 2.92. The predicted octanol–water partition coefficient (Wildman–Crippen LogP) is 0.395. The van der Waals surface area contributed by atoms with Crippen LogP contribution in [0.15, 0.2) is 0 Å². The van der Waals surface area contributed by atoms with Gasteiger partial charge in [0.15, 0.2) is 0 Å². The second kappa shape index (κ2) is 4.40. The van der Waals surface area contributed by atoms with E-state index < -0.39 is 5.60 Å². The van der Waals surface area contributed by atoms with Crippen molar-refractivity contribution in [3.05, 3.63) is 0 Å². The van der Waals surface area contributed by atoms with Gasteiger partial charge >= 0.3 is 0 Å². The molecule has 1 heterocycles. The van der Waals surface area contributed by atoms with Gasteiger partial charge < -0.3 is 10.0 Å². The number of likely N-dealkylation sites (N-methyl/N-ethyl adjacent to an activating group) is 1. The number of β-amino-alcohol motifs (C(OH)–C–C–N with tert-alkyl or cyclic N) is 1. The zero-order valence-corrected chi connectivity index (χ0v) is 9.08. The lowest BCUT2D eigenvalue weighted by Crippen LogP contribution is -2.49. The van der Waals surface area contributed by atoms with E-state index in [1.54, 1.807) is 0 Å². The van der Waals surface area contributed by atoms with E-state index in [2.05, 4.69) is 16.8 Å². The topological polar surface area (TPSA) is 26.7 Å². The average molecular weight is 186 g/mol. The Morgan fingerprint density at radius 3 is 2.23 bits per heavy atom. The molecule has 1 aliphatic heterocycles. The molecule has 0 aromatic carbocycles. The van der Waals surface area contributed by atoms with Crippen LogP contribution in [-0.4, -0.2) is 60.3 Å². The molecule has 1 fully saturated rings. The molecule has 1 saturated heterocycles. The molecule has 1 N–H and O–H groups in total. The number of nitrogens with zero attached hydrogens (tertiary/aromatic N) is 2. The van der Waals surface area contributed by atoms with E-state index in [1.807, 2.05) is 13.8 Å². The van der Waals surface area contributed by atoms with Crippen molar-refractivity contribution in [2.24, 2.45) is 0 Å². The monoisotopic (exact) mass is 186 g/mol. The number of aliphatic hydroxyl groups is 1. The van der Waals surface area contributed by atoms with Gasteiger partial charge in [0, 0.05) is 32.7 Å². The lowest BCUT2D eigenvalue weighted by Gasteiger charge is -2.36. The first-order valence-electron chi connectivity index (χ1n) is 5.17. The minimum atomic E-state index is -0.504. The molecule has 0 spiro atoms. The molecule has 0 aromatic rings. The van der Waals surface area contributed by atoms with Crippen LogP contribution in [0.3, 0.4) is 0 Å². The highest BCUT2D eigenvalue weighted by Gasteiger charge is 2.23. The van der Waals surface area contributed by atoms with E-state index in [4.69, 9.17) is 0 Å². The first-order valence-corrected chi connectivity index (χ1v) is 5.17. The molecule has 1 aliphatic rings. The van der Waals surface area contributed by atoms with E-state index in [0.29, 0.717) is 0 Å². The van der Waals surface area contributed by atoms with Crippen LogP contribution in [0.5, 0.6) is 0 Å². The fraction of sp³-hybridized carbons (Fsp3) is 1.00. The van der Waals surface area contributed by atoms with Crippen molar-refractivity contribution < 1.29 is 5.11 Å². The summed E-state index contributed by atoms with van der Waals surface area (Å²) in [5, 5.41) is 9.89. The summed E-state index contributed by atoms with van der Waals surface area (Å²) in [5.41, 5.74) is -0.504. The Labute approximate surface area is 81.3 Å². The first kappa shape index (κ1) is 11.0. The lowest BCUT2D eigenvalue weighted by atomic mass is 10.0. The quantitative estimate of drug-likeness (QED) is 0.691. The van der Waals surface area contributed by atoms with Crippen LogP contribution < -0.4 is 0 Å². The Morgan fingerprint density at radius 2 is 1.77 bits per heavy atom. The highest BCUT2D eigenvalue weighted by Crippen LogP contribution is 2.12. The van der Waals surface area contributed by atoms with Crippen molar-refractivity contribution in [1.82, 2.24) is 9.80 Å². The van der Waals surface area contributed by atoms with Crippen LogP contribution in [0.4, 0.5) is 0 Å². The Kier molecular flexibility index (Phi) is 3.71. The zero-order chi connectivity index (χ0) is 9.90. The minimum Gasteiger partial charge on any atom is -0.389 e. The summed E-state index contributed by atoms with van der Waals surface area (Å²) >= 11 is 0. The molecule has 0 bridgehead atoms. The van der Waals surface area contributed by atoms with Crippen molar-refractivity contribution >= 4 is 0 Å². The van der Waals surface area contributed by atoms with Gasteiger partial charge in [0.1, 0.15) is 0 Å². The fourth-order valence-electron chi connectivity index (χ4n) is 1.60. The molecule has 0 amide bonds. The van der Waals surface area contributed by atoms with Gasteiger partial charge in [-0.3, -0.25) is 4.90 Å². The van der Waals surface area contributed by atoms with Crippen LogP contribution >= 0.6 is 0 Å². The molecule has 3 heteroatoms.